The lowest BCUT2D eigenvalue weighted by Gasteiger charge is -2.12. The highest BCUT2D eigenvalue weighted by atomic mass is 32.2. The number of anilines is 1. The number of aryl methyl sites for hydroxylation is 1. The molecule has 0 aliphatic rings. The van der Waals surface area contributed by atoms with E-state index in [1.165, 1.54) is 7.11 Å². The van der Waals surface area contributed by atoms with Crippen LogP contribution in [-0.2, 0) is 9.84 Å². The molecule has 6 nitrogen and oxygen atoms in total. The van der Waals surface area contributed by atoms with Gasteiger partial charge in [0.15, 0.2) is 9.84 Å². The summed E-state index contributed by atoms with van der Waals surface area (Å²) in [6.07, 6.45) is 1.15. The Morgan fingerprint density at radius 2 is 2.05 bits per heavy atom. The van der Waals surface area contributed by atoms with E-state index < -0.39 is 15.1 Å². The Balaban J connectivity index is 2.71. The number of nitrogens with zero attached hydrogens (tertiary/aromatic N) is 1. The first-order valence-corrected chi connectivity index (χ1v) is 8.30. The highest BCUT2D eigenvalue weighted by Crippen LogP contribution is 2.40. The summed E-state index contributed by atoms with van der Waals surface area (Å²) in [4.78, 5) is 0. The maximum absolute atomic E-state index is 11.8. The van der Waals surface area contributed by atoms with Crippen LogP contribution in [0, 0.1) is 6.92 Å². The molecule has 1 unspecified atom stereocenters. The molecule has 0 bridgehead atoms. The van der Waals surface area contributed by atoms with E-state index in [1.54, 1.807) is 13.0 Å². The third-order valence-electron chi connectivity index (χ3n) is 3.40. The molecule has 0 radical (unpaired) electrons. The van der Waals surface area contributed by atoms with Gasteiger partial charge in [-0.2, -0.15) is 0 Å². The second-order valence-electron chi connectivity index (χ2n) is 4.98. The van der Waals surface area contributed by atoms with E-state index in [2.05, 4.69) is 5.16 Å². The lowest BCUT2D eigenvalue weighted by atomic mass is 10.0. The average Bonchev–Trinajstić information content (AvgIpc) is 2.78. The molecular formula is C14H18N2O4S. The fraction of sp³-hybridized carbons (Fsp3) is 0.357. The molecule has 0 aliphatic heterocycles. The van der Waals surface area contributed by atoms with Gasteiger partial charge in [0.1, 0.15) is 16.7 Å². The van der Waals surface area contributed by atoms with Crippen LogP contribution < -0.4 is 10.5 Å². The normalized spacial score (nSPS) is 13.1. The van der Waals surface area contributed by atoms with Crippen LogP contribution in [0.25, 0.3) is 11.1 Å². The quantitative estimate of drug-likeness (QED) is 0.931. The number of aromatic nitrogens is 1. The molecule has 0 amide bonds. The van der Waals surface area contributed by atoms with E-state index in [-0.39, 0.29) is 5.88 Å². The molecule has 7 heteroatoms. The van der Waals surface area contributed by atoms with Crippen LogP contribution >= 0.6 is 0 Å². The number of nitrogen functional groups attached to an aromatic ring is 1. The average molecular weight is 310 g/mol. The molecule has 0 fully saturated rings. The molecule has 0 saturated heterocycles. The number of rotatable bonds is 4. The number of nitrogens with two attached hydrogens (primary N) is 1. The Morgan fingerprint density at radius 1 is 1.38 bits per heavy atom. The Kier molecular flexibility index (Phi) is 3.95. The van der Waals surface area contributed by atoms with Crippen molar-refractivity contribution >= 4 is 15.7 Å². The van der Waals surface area contributed by atoms with Crippen LogP contribution in [-0.4, -0.2) is 26.9 Å². The first-order valence-electron chi connectivity index (χ1n) is 6.34. The van der Waals surface area contributed by atoms with Crippen molar-refractivity contribution in [2.75, 3.05) is 19.1 Å². The largest absolute Gasteiger partial charge is 0.496 e. The molecule has 2 aromatic rings. The zero-order valence-electron chi connectivity index (χ0n) is 12.4. The highest BCUT2D eigenvalue weighted by Gasteiger charge is 2.28. The predicted molar refractivity (Wildman–Crippen MR) is 80.9 cm³/mol. The summed E-state index contributed by atoms with van der Waals surface area (Å²) in [5.41, 5.74) is 8.26. The van der Waals surface area contributed by atoms with Crippen molar-refractivity contribution in [3.63, 3.8) is 0 Å². The first kappa shape index (κ1) is 15.4. The SMILES string of the molecule is COc1ccc(C)cc1-c1c(C(C)S(C)(=O)=O)noc1N. The Labute approximate surface area is 123 Å². The van der Waals surface area contributed by atoms with Crippen LogP contribution in [0.2, 0.25) is 0 Å². The molecule has 1 aromatic heterocycles. The van der Waals surface area contributed by atoms with Crippen LogP contribution in [0.4, 0.5) is 5.88 Å². The number of hydrogen-bond donors (Lipinski definition) is 1. The van der Waals surface area contributed by atoms with E-state index in [1.807, 2.05) is 19.1 Å². The second-order valence-corrected chi connectivity index (χ2v) is 7.35. The molecule has 1 aromatic carbocycles. The van der Waals surface area contributed by atoms with E-state index >= 15 is 0 Å². The summed E-state index contributed by atoms with van der Waals surface area (Å²) in [5.74, 6) is 0.654. The standard InChI is InChI=1S/C14H18N2O4S/c1-8-5-6-11(19-3)10(7-8)12-13(16-20-14(12)15)9(2)21(4,17)18/h5-7,9H,15H2,1-4H3. The van der Waals surface area contributed by atoms with Crippen molar-refractivity contribution < 1.29 is 17.7 Å². The minimum atomic E-state index is -3.32. The molecule has 0 aliphatic carbocycles. The molecular weight excluding hydrogens is 292 g/mol. The predicted octanol–water partition coefficient (Wildman–Crippen LogP) is 2.35. The molecule has 114 valence electrons. The fourth-order valence-corrected chi connectivity index (χ4v) is 2.65. The van der Waals surface area contributed by atoms with Gasteiger partial charge in [-0.3, -0.25) is 0 Å². The molecule has 2 N–H and O–H groups in total. The van der Waals surface area contributed by atoms with Gasteiger partial charge < -0.3 is 15.0 Å². The lowest BCUT2D eigenvalue weighted by molar-refractivity contribution is 0.416. The second kappa shape index (κ2) is 5.40. The minimum absolute atomic E-state index is 0.0735. The number of sulfone groups is 1. The van der Waals surface area contributed by atoms with Crippen molar-refractivity contribution in [3.05, 3.63) is 29.5 Å². The van der Waals surface area contributed by atoms with Gasteiger partial charge in [-0.1, -0.05) is 16.8 Å². The Hall–Kier alpha value is -2.02. The Morgan fingerprint density at radius 3 is 2.62 bits per heavy atom. The van der Waals surface area contributed by atoms with E-state index in [0.717, 1.165) is 11.8 Å². The van der Waals surface area contributed by atoms with Crippen molar-refractivity contribution in [2.45, 2.75) is 19.1 Å². The highest BCUT2D eigenvalue weighted by molar-refractivity contribution is 7.90. The zero-order valence-corrected chi connectivity index (χ0v) is 13.2. The number of benzene rings is 1. The van der Waals surface area contributed by atoms with Crippen molar-refractivity contribution in [2.24, 2.45) is 0 Å². The molecule has 0 spiro atoms. The smallest absolute Gasteiger partial charge is 0.230 e. The van der Waals surface area contributed by atoms with Gasteiger partial charge in [-0.05, 0) is 26.0 Å². The van der Waals surface area contributed by atoms with Gasteiger partial charge in [-0.25, -0.2) is 8.42 Å². The maximum atomic E-state index is 11.8. The van der Waals surface area contributed by atoms with Gasteiger partial charge in [0.2, 0.25) is 5.88 Å². The van der Waals surface area contributed by atoms with Crippen LogP contribution in [0.1, 0.15) is 23.4 Å². The summed E-state index contributed by atoms with van der Waals surface area (Å²) < 4.78 is 33.9. The van der Waals surface area contributed by atoms with Gasteiger partial charge in [0.05, 0.1) is 12.7 Å². The molecule has 21 heavy (non-hydrogen) atoms. The van der Waals surface area contributed by atoms with Gasteiger partial charge >= 0.3 is 0 Å². The van der Waals surface area contributed by atoms with Crippen molar-refractivity contribution in [3.8, 4) is 16.9 Å². The monoisotopic (exact) mass is 310 g/mol. The number of hydrogen-bond acceptors (Lipinski definition) is 6. The fourth-order valence-electron chi connectivity index (χ4n) is 2.08. The summed E-state index contributed by atoms with van der Waals surface area (Å²) in [6, 6.07) is 5.55. The minimum Gasteiger partial charge on any atom is -0.496 e. The van der Waals surface area contributed by atoms with Crippen molar-refractivity contribution in [1.29, 1.82) is 0 Å². The van der Waals surface area contributed by atoms with Gasteiger partial charge in [0.25, 0.3) is 0 Å². The lowest BCUT2D eigenvalue weighted by Crippen LogP contribution is -2.09. The third-order valence-corrected chi connectivity index (χ3v) is 4.90. The van der Waals surface area contributed by atoms with Crippen LogP contribution in [0.5, 0.6) is 5.75 Å². The third kappa shape index (κ3) is 2.87. The first-order chi connectivity index (χ1) is 9.75. The molecule has 1 heterocycles. The summed E-state index contributed by atoms with van der Waals surface area (Å²) >= 11 is 0. The number of methoxy groups -OCH3 is 1. The molecule has 0 saturated carbocycles. The van der Waals surface area contributed by atoms with Crippen molar-refractivity contribution in [1.82, 2.24) is 5.16 Å². The summed E-state index contributed by atoms with van der Waals surface area (Å²) in [6.45, 7) is 3.48. The Bertz CT molecular complexity index is 765. The van der Waals surface area contributed by atoms with Gasteiger partial charge in [0, 0.05) is 11.8 Å². The maximum Gasteiger partial charge on any atom is 0.230 e. The van der Waals surface area contributed by atoms with E-state index in [4.69, 9.17) is 15.0 Å². The molecule has 1 atom stereocenters. The summed E-state index contributed by atoms with van der Waals surface area (Å²) in [5, 5.41) is 3.01. The van der Waals surface area contributed by atoms with Crippen LogP contribution in [0.3, 0.4) is 0 Å². The van der Waals surface area contributed by atoms with Crippen LogP contribution in [0.15, 0.2) is 22.7 Å². The topological polar surface area (TPSA) is 95.4 Å². The van der Waals surface area contributed by atoms with Gasteiger partial charge in [-0.15, -0.1) is 0 Å². The number of ether oxygens (including phenoxy) is 1. The van der Waals surface area contributed by atoms with E-state index in [0.29, 0.717) is 22.6 Å². The molecule has 2 rings (SSSR count). The summed E-state index contributed by atoms with van der Waals surface area (Å²) in [7, 11) is -1.78. The zero-order chi connectivity index (χ0) is 15.8. The van der Waals surface area contributed by atoms with E-state index in [9.17, 15) is 8.42 Å².